The number of para-hydroxylation sites is 1. The van der Waals surface area contributed by atoms with Gasteiger partial charge in [0.05, 0.1) is 7.11 Å². The summed E-state index contributed by atoms with van der Waals surface area (Å²) in [6.07, 6.45) is 0.805. The summed E-state index contributed by atoms with van der Waals surface area (Å²) < 4.78 is 18.7. The normalized spacial score (nSPS) is 10.4. The number of aryl methyl sites for hydroxylation is 1. The van der Waals surface area contributed by atoms with E-state index in [4.69, 9.17) is 4.74 Å². The summed E-state index contributed by atoms with van der Waals surface area (Å²) in [6.45, 7) is 2.60. The molecule has 1 aromatic heterocycles. The van der Waals surface area contributed by atoms with Crippen LogP contribution in [0.2, 0.25) is 0 Å². The highest BCUT2D eigenvalue weighted by atomic mass is 19.1. The Morgan fingerprint density at radius 1 is 1.04 bits per heavy atom. The van der Waals surface area contributed by atoms with Crippen molar-refractivity contribution in [3.63, 3.8) is 0 Å². The Labute approximate surface area is 152 Å². The molecule has 0 aliphatic rings. The fraction of sp³-hybridized carbons (Fsp3) is 0.200. The summed E-state index contributed by atoms with van der Waals surface area (Å²) >= 11 is 0. The van der Waals surface area contributed by atoms with Crippen molar-refractivity contribution < 1.29 is 9.13 Å². The highest BCUT2D eigenvalue weighted by molar-refractivity contribution is 5.55. The third kappa shape index (κ3) is 4.69. The number of hydrogen-bond acceptors (Lipinski definition) is 5. The molecule has 0 amide bonds. The average molecular weight is 352 g/mol. The van der Waals surface area contributed by atoms with Gasteiger partial charge in [-0.2, -0.15) is 4.98 Å². The average Bonchev–Trinajstić information content (AvgIpc) is 2.62. The first-order chi connectivity index (χ1) is 12.6. The number of aromatic nitrogens is 2. The minimum Gasteiger partial charge on any atom is -0.496 e. The highest BCUT2D eigenvalue weighted by Gasteiger charge is 2.05. The third-order valence-electron chi connectivity index (χ3n) is 3.83. The van der Waals surface area contributed by atoms with Crippen LogP contribution in [0.3, 0.4) is 0 Å². The lowest BCUT2D eigenvalue weighted by molar-refractivity contribution is 0.410. The molecule has 2 N–H and O–H groups in total. The first-order valence-corrected chi connectivity index (χ1v) is 8.38. The van der Waals surface area contributed by atoms with E-state index < -0.39 is 0 Å². The predicted octanol–water partition coefficient (Wildman–Crippen LogP) is 4.33. The summed E-state index contributed by atoms with van der Waals surface area (Å²) in [5, 5.41) is 6.33. The minimum absolute atomic E-state index is 0.308. The van der Waals surface area contributed by atoms with Crippen molar-refractivity contribution in [2.75, 3.05) is 24.3 Å². The zero-order chi connectivity index (χ0) is 18.4. The molecule has 5 nitrogen and oxygen atoms in total. The zero-order valence-corrected chi connectivity index (χ0v) is 14.8. The maximum absolute atomic E-state index is 13.3. The molecule has 0 saturated heterocycles. The summed E-state index contributed by atoms with van der Waals surface area (Å²) in [5.41, 5.74) is 2.56. The van der Waals surface area contributed by atoms with Crippen LogP contribution in [-0.2, 0) is 6.42 Å². The van der Waals surface area contributed by atoms with Gasteiger partial charge in [-0.25, -0.2) is 9.37 Å². The summed E-state index contributed by atoms with van der Waals surface area (Å²) in [7, 11) is 1.67. The molecule has 1 heterocycles. The fourth-order valence-electron chi connectivity index (χ4n) is 2.65. The molecule has 0 atom stereocenters. The smallest absolute Gasteiger partial charge is 0.229 e. The van der Waals surface area contributed by atoms with Crippen molar-refractivity contribution in [2.24, 2.45) is 0 Å². The van der Waals surface area contributed by atoms with Crippen molar-refractivity contribution in [3.8, 4) is 5.75 Å². The molecular formula is C20H21FN4O. The molecule has 3 aromatic rings. The quantitative estimate of drug-likeness (QED) is 0.663. The van der Waals surface area contributed by atoms with Crippen LogP contribution >= 0.6 is 0 Å². The molecule has 3 rings (SSSR count). The van der Waals surface area contributed by atoms with Gasteiger partial charge < -0.3 is 15.4 Å². The molecule has 0 aliphatic carbocycles. The second-order valence-electron chi connectivity index (χ2n) is 5.84. The van der Waals surface area contributed by atoms with Gasteiger partial charge in [0.15, 0.2) is 0 Å². The van der Waals surface area contributed by atoms with Crippen LogP contribution in [0.5, 0.6) is 5.75 Å². The number of nitrogens with zero attached hydrogens (tertiary/aromatic N) is 2. The standard InChI is InChI=1S/C20H21FN4O/c1-14-12-19(22-11-10-15-6-3-4-9-18(15)26-2)25-20(23-14)24-17-8-5-7-16(21)13-17/h3-9,12-13H,10-11H2,1-2H3,(H2,22,23,24,25). The summed E-state index contributed by atoms with van der Waals surface area (Å²) in [4.78, 5) is 8.79. The van der Waals surface area contributed by atoms with Crippen LogP contribution in [0.15, 0.2) is 54.6 Å². The lowest BCUT2D eigenvalue weighted by Crippen LogP contribution is -2.09. The van der Waals surface area contributed by atoms with Gasteiger partial charge in [-0.1, -0.05) is 24.3 Å². The fourth-order valence-corrected chi connectivity index (χ4v) is 2.65. The van der Waals surface area contributed by atoms with Crippen LogP contribution in [0.25, 0.3) is 0 Å². The van der Waals surface area contributed by atoms with Crippen LogP contribution in [-0.4, -0.2) is 23.6 Å². The van der Waals surface area contributed by atoms with Gasteiger partial charge >= 0.3 is 0 Å². The van der Waals surface area contributed by atoms with Crippen LogP contribution < -0.4 is 15.4 Å². The number of rotatable bonds is 7. The molecule has 26 heavy (non-hydrogen) atoms. The van der Waals surface area contributed by atoms with E-state index in [1.807, 2.05) is 37.3 Å². The van der Waals surface area contributed by atoms with E-state index in [-0.39, 0.29) is 5.82 Å². The molecule has 0 aliphatic heterocycles. The number of methoxy groups -OCH3 is 1. The molecule has 0 saturated carbocycles. The highest BCUT2D eigenvalue weighted by Crippen LogP contribution is 2.19. The zero-order valence-electron chi connectivity index (χ0n) is 14.8. The molecular weight excluding hydrogens is 331 g/mol. The van der Waals surface area contributed by atoms with Crippen LogP contribution in [0.1, 0.15) is 11.3 Å². The molecule has 0 bridgehead atoms. The second-order valence-corrected chi connectivity index (χ2v) is 5.84. The largest absolute Gasteiger partial charge is 0.496 e. The minimum atomic E-state index is -0.308. The van der Waals surface area contributed by atoms with Crippen molar-refractivity contribution in [1.29, 1.82) is 0 Å². The summed E-state index contributed by atoms with van der Waals surface area (Å²) in [6, 6.07) is 16.0. The topological polar surface area (TPSA) is 59.1 Å². The third-order valence-corrected chi connectivity index (χ3v) is 3.83. The number of halogens is 1. The van der Waals surface area contributed by atoms with Gasteiger partial charge in [0.2, 0.25) is 5.95 Å². The van der Waals surface area contributed by atoms with E-state index >= 15 is 0 Å². The number of anilines is 3. The van der Waals surface area contributed by atoms with Crippen molar-refractivity contribution in [3.05, 3.63) is 71.7 Å². The van der Waals surface area contributed by atoms with E-state index in [0.29, 0.717) is 24.0 Å². The van der Waals surface area contributed by atoms with Gasteiger partial charge in [-0.05, 0) is 43.2 Å². The Morgan fingerprint density at radius 3 is 2.69 bits per heavy atom. The van der Waals surface area contributed by atoms with Gasteiger partial charge in [0.1, 0.15) is 17.4 Å². The first-order valence-electron chi connectivity index (χ1n) is 8.38. The predicted molar refractivity (Wildman–Crippen MR) is 102 cm³/mol. The molecule has 134 valence electrons. The number of nitrogens with one attached hydrogen (secondary N) is 2. The van der Waals surface area contributed by atoms with E-state index in [0.717, 1.165) is 23.4 Å². The molecule has 2 aromatic carbocycles. The maximum Gasteiger partial charge on any atom is 0.229 e. The van der Waals surface area contributed by atoms with Crippen LogP contribution in [0.4, 0.5) is 21.8 Å². The molecule has 0 spiro atoms. The number of benzene rings is 2. The molecule has 0 fully saturated rings. The Bertz CT molecular complexity index is 885. The lowest BCUT2D eigenvalue weighted by atomic mass is 10.1. The Hall–Kier alpha value is -3.15. The van der Waals surface area contributed by atoms with Crippen molar-refractivity contribution in [1.82, 2.24) is 9.97 Å². The SMILES string of the molecule is COc1ccccc1CCNc1cc(C)nc(Nc2cccc(F)c2)n1. The maximum atomic E-state index is 13.3. The summed E-state index contributed by atoms with van der Waals surface area (Å²) in [5.74, 6) is 1.71. The lowest BCUT2D eigenvalue weighted by Gasteiger charge is -2.11. The van der Waals surface area contributed by atoms with Crippen molar-refractivity contribution in [2.45, 2.75) is 13.3 Å². The molecule has 0 radical (unpaired) electrons. The monoisotopic (exact) mass is 352 g/mol. The van der Waals surface area contributed by atoms with Gasteiger partial charge in [0.25, 0.3) is 0 Å². The Morgan fingerprint density at radius 2 is 1.88 bits per heavy atom. The molecule has 6 heteroatoms. The Balaban J connectivity index is 1.66. The van der Waals surface area contributed by atoms with Crippen molar-refractivity contribution >= 4 is 17.5 Å². The van der Waals surface area contributed by atoms with Gasteiger partial charge in [0, 0.05) is 24.0 Å². The second kappa shape index (κ2) is 8.29. The van der Waals surface area contributed by atoms with E-state index in [1.165, 1.54) is 12.1 Å². The molecule has 0 unspecified atom stereocenters. The van der Waals surface area contributed by atoms with E-state index in [1.54, 1.807) is 19.2 Å². The number of hydrogen-bond donors (Lipinski definition) is 2. The Kier molecular flexibility index (Phi) is 5.63. The van der Waals surface area contributed by atoms with E-state index in [9.17, 15) is 4.39 Å². The van der Waals surface area contributed by atoms with Crippen LogP contribution in [0, 0.1) is 12.7 Å². The van der Waals surface area contributed by atoms with E-state index in [2.05, 4.69) is 20.6 Å². The van der Waals surface area contributed by atoms with Gasteiger partial charge in [-0.3, -0.25) is 0 Å². The van der Waals surface area contributed by atoms with Gasteiger partial charge in [-0.15, -0.1) is 0 Å². The number of ether oxygens (including phenoxy) is 1. The first kappa shape index (κ1) is 17.7.